The van der Waals surface area contributed by atoms with Gasteiger partial charge in [0.2, 0.25) is 5.95 Å². The summed E-state index contributed by atoms with van der Waals surface area (Å²) in [5.41, 5.74) is 0.910. The molecule has 1 aromatic heterocycles. The van der Waals surface area contributed by atoms with Crippen molar-refractivity contribution in [1.29, 1.82) is 0 Å². The maximum Gasteiger partial charge on any atom is 0.207 e. The van der Waals surface area contributed by atoms with E-state index >= 15 is 0 Å². The molecule has 0 aliphatic carbocycles. The van der Waals surface area contributed by atoms with Crippen LogP contribution in [-0.4, -0.2) is 23.3 Å². The zero-order chi connectivity index (χ0) is 13.7. The number of rotatable bonds is 6. The molecule has 0 aliphatic heterocycles. The summed E-state index contributed by atoms with van der Waals surface area (Å²) in [7, 11) is 1.71. The molecule has 0 fully saturated rings. The predicted molar refractivity (Wildman–Crippen MR) is 81.2 cm³/mol. The molecule has 0 spiro atoms. The van der Waals surface area contributed by atoms with Crippen LogP contribution >= 0.6 is 27.5 Å². The van der Waals surface area contributed by atoms with Gasteiger partial charge in [-0.25, -0.2) is 4.98 Å². The average Bonchev–Trinajstić information content (AvgIpc) is 2.82. The van der Waals surface area contributed by atoms with E-state index in [9.17, 15) is 0 Å². The average molecular weight is 345 g/mol. The number of methoxy groups -OCH3 is 1. The van der Waals surface area contributed by atoms with E-state index in [2.05, 4.69) is 30.8 Å². The largest absolute Gasteiger partial charge is 0.385 e. The van der Waals surface area contributed by atoms with Crippen molar-refractivity contribution < 1.29 is 4.74 Å². The minimum atomic E-state index is 0.669. The van der Waals surface area contributed by atoms with Gasteiger partial charge in [0.15, 0.2) is 0 Å². The number of hydrogen-bond acceptors (Lipinski definition) is 3. The van der Waals surface area contributed by atoms with Crippen LogP contribution in [0, 0.1) is 0 Å². The van der Waals surface area contributed by atoms with Crippen LogP contribution in [0.4, 0.5) is 11.6 Å². The second-order valence-electron chi connectivity index (χ2n) is 4.04. The van der Waals surface area contributed by atoms with Crippen molar-refractivity contribution in [3.63, 3.8) is 0 Å². The van der Waals surface area contributed by atoms with Gasteiger partial charge >= 0.3 is 0 Å². The quantitative estimate of drug-likeness (QED) is 0.803. The number of anilines is 2. The van der Waals surface area contributed by atoms with Gasteiger partial charge in [-0.3, -0.25) is 0 Å². The molecule has 2 aromatic rings. The summed E-state index contributed by atoms with van der Waals surface area (Å²) in [5.74, 6) is 0.800. The monoisotopic (exact) mass is 343 g/mol. The lowest BCUT2D eigenvalue weighted by molar-refractivity contribution is 0.190. The highest BCUT2D eigenvalue weighted by atomic mass is 79.9. The third-order valence-corrected chi connectivity index (χ3v) is 3.87. The van der Waals surface area contributed by atoms with E-state index < -0.39 is 0 Å². The molecule has 0 amide bonds. The van der Waals surface area contributed by atoms with E-state index in [0.29, 0.717) is 5.02 Å². The summed E-state index contributed by atoms with van der Waals surface area (Å²) in [5, 5.41) is 3.92. The van der Waals surface area contributed by atoms with Crippen LogP contribution in [0.2, 0.25) is 5.02 Å². The lowest BCUT2D eigenvalue weighted by atomic mass is 10.3. The lowest BCUT2D eigenvalue weighted by Crippen LogP contribution is -2.05. The topological polar surface area (TPSA) is 39.1 Å². The highest BCUT2D eigenvalue weighted by Crippen LogP contribution is 2.26. The van der Waals surface area contributed by atoms with Crippen molar-refractivity contribution in [3.8, 4) is 0 Å². The van der Waals surface area contributed by atoms with Crippen molar-refractivity contribution in [1.82, 2.24) is 9.55 Å². The first kappa shape index (κ1) is 14.4. The molecule has 0 atom stereocenters. The number of imidazole rings is 1. The molecule has 0 saturated heterocycles. The molecule has 1 heterocycles. The summed E-state index contributed by atoms with van der Waals surface area (Å²) >= 11 is 9.43. The number of nitrogens with one attached hydrogen (secondary N) is 1. The Balaban J connectivity index is 2.06. The van der Waals surface area contributed by atoms with Gasteiger partial charge in [-0.05, 0) is 40.5 Å². The van der Waals surface area contributed by atoms with Crippen LogP contribution in [0.15, 0.2) is 35.1 Å². The van der Waals surface area contributed by atoms with Crippen molar-refractivity contribution in [2.75, 3.05) is 19.0 Å². The summed E-state index contributed by atoms with van der Waals surface area (Å²) in [4.78, 5) is 4.30. The fourth-order valence-corrected chi connectivity index (χ4v) is 2.12. The third-order valence-electron chi connectivity index (χ3n) is 2.64. The molecule has 6 heteroatoms. The molecular formula is C13H15BrClN3O. The highest BCUT2D eigenvalue weighted by Gasteiger charge is 2.04. The molecule has 1 aromatic carbocycles. The Kier molecular flexibility index (Phi) is 5.24. The molecule has 0 aliphatic rings. The summed E-state index contributed by atoms with van der Waals surface area (Å²) in [6.45, 7) is 1.60. The summed E-state index contributed by atoms with van der Waals surface area (Å²) in [6, 6.07) is 5.72. The van der Waals surface area contributed by atoms with Crippen LogP contribution in [0.25, 0.3) is 0 Å². The third kappa shape index (κ3) is 3.96. The second kappa shape index (κ2) is 6.93. The molecule has 0 radical (unpaired) electrons. The Morgan fingerprint density at radius 3 is 3.05 bits per heavy atom. The fraction of sp³-hybridized carbons (Fsp3) is 0.308. The van der Waals surface area contributed by atoms with Gasteiger partial charge < -0.3 is 14.6 Å². The summed E-state index contributed by atoms with van der Waals surface area (Å²) in [6.07, 6.45) is 4.66. The van der Waals surface area contributed by atoms with E-state index in [-0.39, 0.29) is 0 Å². The van der Waals surface area contributed by atoms with Gasteiger partial charge in [0.1, 0.15) is 0 Å². The molecular weight excluding hydrogens is 330 g/mol. The van der Waals surface area contributed by atoms with Crippen LogP contribution in [-0.2, 0) is 11.3 Å². The number of nitrogens with zero attached hydrogens (tertiary/aromatic N) is 2. The van der Waals surface area contributed by atoms with Crippen molar-refractivity contribution in [2.24, 2.45) is 0 Å². The zero-order valence-corrected chi connectivity index (χ0v) is 12.9. The Labute approximate surface area is 125 Å². The zero-order valence-electron chi connectivity index (χ0n) is 10.6. The molecule has 1 N–H and O–H groups in total. The summed E-state index contributed by atoms with van der Waals surface area (Å²) < 4.78 is 7.98. The normalized spacial score (nSPS) is 10.7. The minimum absolute atomic E-state index is 0.669. The first-order valence-electron chi connectivity index (χ1n) is 5.93. The van der Waals surface area contributed by atoms with E-state index in [1.807, 2.05) is 24.4 Å². The van der Waals surface area contributed by atoms with Gasteiger partial charge in [0.25, 0.3) is 0 Å². The van der Waals surface area contributed by atoms with Gasteiger partial charge in [-0.15, -0.1) is 0 Å². The van der Waals surface area contributed by atoms with Gasteiger partial charge in [-0.1, -0.05) is 11.6 Å². The SMILES string of the molecule is COCCCn1ccnc1Nc1ccc(Br)c(Cl)c1. The van der Waals surface area contributed by atoms with Crippen LogP contribution < -0.4 is 5.32 Å². The molecule has 0 bridgehead atoms. The maximum absolute atomic E-state index is 6.07. The Morgan fingerprint density at radius 2 is 2.32 bits per heavy atom. The van der Waals surface area contributed by atoms with E-state index in [4.69, 9.17) is 16.3 Å². The Hall–Kier alpha value is -1.04. The molecule has 19 heavy (non-hydrogen) atoms. The van der Waals surface area contributed by atoms with Gasteiger partial charge in [0, 0.05) is 42.8 Å². The van der Waals surface area contributed by atoms with Crippen molar-refractivity contribution in [2.45, 2.75) is 13.0 Å². The van der Waals surface area contributed by atoms with E-state index in [1.54, 1.807) is 13.3 Å². The smallest absolute Gasteiger partial charge is 0.207 e. The standard InChI is InChI=1S/C13H15BrClN3O/c1-19-8-2-6-18-7-5-16-13(18)17-10-3-4-11(14)12(15)9-10/h3-5,7,9H,2,6,8H2,1H3,(H,16,17). The van der Waals surface area contributed by atoms with E-state index in [1.165, 1.54) is 0 Å². The molecule has 0 unspecified atom stereocenters. The second-order valence-corrected chi connectivity index (χ2v) is 5.31. The molecule has 0 saturated carbocycles. The molecule has 102 valence electrons. The lowest BCUT2D eigenvalue weighted by Gasteiger charge is -2.10. The number of aryl methyl sites for hydroxylation is 1. The number of hydrogen-bond donors (Lipinski definition) is 1. The van der Waals surface area contributed by atoms with Crippen LogP contribution in [0.3, 0.4) is 0 Å². The van der Waals surface area contributed by atoms with Gasteiger partial charge in [-0.2, -0.15) is 0 Å². The van der Waals surface area contributed by atoms with Gasteiger partial charge in [0.05, 0.1) is 5.02 Å². The molecule has 4 nitrogen and oxygen atoms in total. The van der Waals surface area contributed by atoms with Crippen molar-refractivity contribution >= 4 is 39.2 Å². The van der Waals surface area contributed by atoms with E-state index in [0.717, 1.165) is 35.7 Å². The first-order valence-corrected chi connectivity index (χ1v) is 7.10. The highest BCUT2D eigenvalue weighted by molar-refractivity contribution is 9.10. The number of benzene rings is 1. The first-order chi connectivity index (χ1) is 9.20. The fourth-order valence-electron chi connectivity index (χ4n) is 1.70. The van der Waals surface area contributed by atoms with Crippen LogP contribution in [0.5, 0.6) is 0 Å². The van der Waals surface area contributed by atoms with Crippen molar-refractivity contribution in [3.05, 3.63) is 40.1 Å². The number of aromatic nitrogens is 2. The maximum atomic E-state index is 6.07. The Bertz CT molecular complexity index is 544. The minimum Gasteiger partial charge on any atom is -0.385 e. The molecule has 2 rings (SSSR count). The number of ether oxygens (including phenoxy) is 1. The Morgan fingerprint density at radius 1 is 1.47 bits per heavy atom. The predicted octanol–water partition coefficient (Wildman–Crippen LogP) is 4.08. The number of halogens is 2. The van der Waals surface area contributed by atoms with Crippen LogP contribution in [0.1, 0.15) is 6.42 Å².